The molecule has 0 saturated carbocycles. The molecule has 0 aliphatic carbocycles. The van der Waals surface area contributed by atoms with Gasteiger partial charge in [-0.05, 0) is 50.2 Å². The van der Waals surface area contributed by atoms with Gasteiger partial charge in [-0.25, -0.2) is 27.3 Å². The number of hydrogen-bond donors (Lipinski definition) is 3. The number of allylic oxidation sites excluding steroid dienone is 1. The van der Waals surface area contributed by atoms with Crippen molar-refractivity contribution >= 4 is 61.7 Å². The van der Waals surface area contributed by atoms with E-state index >= 15 is 0 Å². The second-order valence-electron chi connectivity index (χ2n) is 6.97. The zero-order valence-electron chi connectivity index (χ0n) is 18.6. The second-order valence-corrected chi connectivity index (χ2v) is 10.7. The Hall–Kier alpha value is -3.35. The largest absolute Gasteiger partial charge is 0.385 e. The molecule has 0 unspecified atom stereocenters. The molecule has 2 amide bonds. The molecular formula is C22H21ClFN5O4S2. The third-order valence-electron chi connectivity index (χ3n) is 4.54. The van der Waals surface area contributed by atoms with Crippen LogP contribution in [-0.4, -0.2) is 30.5 Å². The maximum absolute atomic E-state index is 14.9. The highest BCUT2D eigenvalue weighted by Gasteiger charge is 2.21. The molecule has 0 aliphatic heterocycles. The fourth-order valence-electron chi connectivity index (χ4n) is 3.09. The van der Waals surface area contributed by atoms with E-state index in [0.29, 0.717) is 29.2 Å². The van der Waals surface area contributed by atoms with Crippen LogP contribution < -0.4 is 20.9 Å². The molecular weight excluding hydrogens is 517 g/mol. The molecule has 35 heavy (non-hydrogen) atoms. The van der Waals surface area contributed by atoms with E-state index in [1.807, 2.05) is 11.6 Å². The number of rotatable bonds is 8. The van der Waals surface area contributed by atoms with Gasteiger partial charge in [0.2, 0.25) is 0 Å². The second kappa shape index (κ2) is 10.9. The number of carbonyl (C=O) groups is 1. The quantitative estimate of drug-likeness (QED) is 0.380. The Bertz CT molecular complexity index is 1510. The number of sulfonamides is 1. The van der Waals surface area contributed by atoms with E-state index in [4.69, 9.17) is 11.6 Å². The maximum atomic E-state index is 14.9. The molecule has 2 aromatic carbocycles. The predicted octanol–water partition coefficient (Wildman–Crippen LogP) is 4.71. The lowest BCUT2D eigenvalue weighted by Crippen LogP contribution is -2.34. The number of anilines is 2. The first kappa shape index (κ1) is 26.3. The Labute approximate surface area is 210 Å². The zero-order chi connectivity index (χ0) is 25.8. The molecule has 0 radical (unpaired) electrons. The molecule has 0 spiro atoms. The smallest absolute Gasteiger partial charge is 0.333 e. The van der Waals surface area contributed by atoms with Crippen molar-refractivity contribution in [1.82, 2.24) is 14.3 Å². The molecule has 0 aliphatic rings. The van der Waals surface area contributed by atoms with Gasteiger partial charge < -0.3 is 10.6 Å². The van der Waals surface area contributed by atoms with E-state index < -0.39 is 27.4 Å². The third-order valence-corrected chi connectivity index (χ3v) is 7.56. The molecule has 3 rings (SSSR count). The molecule has 3 N–H and O–H groups in total. The van der Waals surface area contributed by atoms with Crippen molar-refractivity contribution in [1.29, 1.82) is 0 Å². The minimum Gasteiger partial charge on any atom is -0.385 e. The van der Waals surface area contributed by atoms with Crippen molar-refractivity contribution < 1.29 is 17.6 Å². The molecule has 1 aromatic heterocycles. The standard InChI is InChI=1S/C22H21ClFN5O4S2/c1-4-20(34-13(3)23)35(32,33)28-22(31)27-15-7-9-19(17(24)10-15)29-12-26-18-11-14(25-5-2)6-8-16(18)21(29)30/h4,6-12,25H,3,5H2,1-2H3,(H2,27,28,31)/b20-4+. The summed E-state index contributed by atoms with van der Waals surface area (Å²) in [5.74, 6) is -0.832. The average Bonchev–Trinajstić information content (AvgIpc) is 2.78. The van der Waals surface area contributed by atoms with Gasteiger partial charge in [-0.1, -0.05) is 36.0 Å². The van der Waals surface area contributed by atoms with Gasteiger partial charge in [0.05, 0.1) is 21.0 Å². The fourth-order valence-corrected chi connectivity index (χ4v) is 5.39. The number of thioether (sulfide) groups is 1. The Balaban J connectivity index is 1.82. The predicted molar refractivity (Wildman–Crippen MR) is 139 cm³/mol. The van der Waals surface area contributed by atoms with Gasteiger partial charge in [-0.3, -0.25) is 9.36 Å². The highest BCUT2D eigenvalue weighted by molar-refractivity contribution is 8.21. The van der Waals surface area contributed by atoms with Gasteiger partial charge in [0.25, 0.3) is 15.6 Å². The Morgan fingerprint density at radius 2 is 1.97 bits per heavy atom. The summed E-state index contributed by atoms with van der Waals surface area (Å²) in [5, 5.41) is 5.67. The van der Waals surface area contributed by atoms with E-state index in [1.54, 1.807) is 18.2 Å². The van der Waals surface area contributed by atoms with Crippen LogP contribution in [0, 0.1) is 5.82 Å². The van der Waals surface area contributed by atoms with Crippen molar-refractivity contribution in [3.63, 3.8) is 0 Å². The van der Waals surface area contributed by atoms with Crippen LogP contribution in [0.4, 0.5) is 20.6 Å². The number of nitrogens with one attached hydrogen (secondary N) is 3. The van der Waals surface area contributed by atoms with Crippen molar-refractivity contribution in [2.75, 3.05) is 17.2 Å². The number of hydrogen-bond acceptors (Lipinski definition) is 7. The lowest BCUT2D eigenvalue weighted by atomic mass is 10.2. The average molecular weight is 538 g/mol. The summed E-state index contributed by atoms with van der Waals surface area (Å²) in [7, 11) is -4.22. The summed E-state index contributed by atoms with van der Waals surface area (Å²) in [4.78, 5) is 29.3. The molecule has 3 aromatic rings. The normalized spacial score (nSPS) is 11.8. The molecule has 9 nitrogen and oxygen atoms in total. The summed E-state index contributed by atoms with van der Waals surface area (Å²) in [6.45, 7) is 7.50. The van der Waals surface area contributed by atoms with Crippen molar-refractivity contribution in [2.45, 2.75) is 13.8 Å². The van der Waals surface area contributed by atoms with Gasteiger partial charge in [-0.2, -0.15) is 0 Å². The molecule has 0 bridgehead atoms. The number of aromatic nitrogens is 2. The first-order valence-electron chi connectivity index (χ1n) is 10.1. The number of halogens is 2. The van der Waals surface area contributed by atoms with Crippen molar-refractivity contribution in [3.8, 4) is 5.69 Å². The highest BCUT2D eigenvalue weighted by atomic mass is 35.5. The van der Waals surface area contributed by atoms with E-state index in [0.717, 1.165) is 16.3 Å². The minimum atomic E-state index is -4.22. The van der Waals surface area contributed by atoms with Crippen LogP contribution in [0.2, 0.25) is 0 Å². The van der Waals surface area contributed by atoms with E-state index in [1.165, 1.54) is 31.5 Å². The first-order valence-corrected chi connectivity index (χ1v) is 12.8. The SMILES string of the molecule is C=C(Cl)S/C(=C\C)S(=O)(=O)NC(=O)Nc1ccc(-n2cnc3cc(NCC)ccc3c2=O)c(F)c1. The van der Waals surface area contributed by atoms with Crippen molar-refractivity contribution in [2.24, 2.45) is 0 Å². The highest BCUT2D eigenvalue weighted by Crippen LogP contribution is 2.30. The van der Waals surface area contributed by atoms with Crippen LogP contribution in [0.3, 0.4) is 0 Å². The first-order chi connectivity index (χ1) is 16.6. The molecule has 1 heterocycles. The lowest BCUT2D eigenvalue weighted by molar-refractivity contribution is 0.256. The van der Waals surface area contributed by atoms with E-state index in [9.17, 15) is 22.4 Å². The third kappa shape index (κ3) is 6.21. The Morgan fingerprint density at radius 1 is 1.26 bits per heavy atom. The van der Waals surface area contributed by atoms with Crippen LogP contribution in [0.15, 0.2) is 68.8 Å². The fraction of sp³-hybridized carbons (Fsp3) is 0.136. The summed E-state index contributed by atoms with van der Waals surface area (Å²) in [6, 6.07) is 7.50. The minimum absolute atomic E-state index is 0.00182. The van der Waals surface area contributed by atoms with Crippen LogP contribution in [0.5, 0.6) is 0 Å². The Kier molecular flexibility index (Phi) is 8.20. The molecule has 0 saturated heterocycles. The monoisotopic (exact) mass is 537 g/mol. The number of urea groups is 1. The number of amides is 2. The number of fused-ring (bicyclic) bond motifs is 1. The molecule has 184 valence electrons. The van der Waals surface area contributed by atoms with Crippen molar-refractivity contribution in [3.05, 3.63) is 80.2 Å². The van der Waals surface area contributed by atoms with Gasteiger partial charge in [0, 0.05) is 17.9 Å². The molecule has 0 fully saturated rings. The van der Waals surface area contributed by atoms with E-state index in [2.05, 4.69) is 22.2 Å². The number of carbonyl (C=O) groups excluding carboxylic acids is 1. The number of nitrogens with zero attached hydrogens (tertiary/aromatic N) is 2. The van der Waals surface area contributed by atoms with E-state index in [-0.39, 0.29) is 20.0 Å². The molecule has 0 atom stereocenters. The van der Waals surface area contributed by atoms with Gasteiger partial charge in [-0.15, -0.1) is 0 Å². The maximum Gasteiger partial charge on any atom is 0.333 e. The van der Waals surface area contributed by atoms with Crippen LogP contribution in [0.1, 0.15) is 13.8 Å². The summed E-state index contributed by atoms with van der Waals surface area (Å²) >= 11 is 6.29. The summed E-state index contributed by atoms with van der Waals surface area (Å²) in [6.07, 6.45) is 2.46. The van der Waals surface area contributed by atoms with Crippen LogP contribution >= 0.6 is 23.4 Å². The lowest BCUT2D eigenvalue weighted by Gasteiger charge is -2.12. The van der Waals surface area contributed by atoms with Gasteiger partial charge in [0.15, 0.2) is 0 Å². The Morgan fingerprint density at radius 3 is 2.60 bits per heavy atom. The molecule has 13 heteroatoms. The van der Waals surface area contributed by atoms with Crippen LogP contribution in [-0.2, 0) is 10.0 Å². The van der Waals surface area contributed by atoms with Gasteiger partial charge in [0.1, 0.15) is 16.4 Å². The summed E-state index contributed by atoms with van der Waals surface area (Å²) < 4.78 is 42.1. The topological polar surface area (TPSA) is 122 Å². The summed E-state index contributed by atoms with van der Waals surface area (Å²) in [5.41, 5.74) is 0.662. The van der Waals surface area contributed by atoms with Crippen LogP contribution in [0.25, 0.3) is 16.6 Å². The number of benzene rings is 2. The van der Waals surface area contributed by atoms with Gasteiger partial charge >= 0.3 is 6.03 Å². The zero-order valence-corrected chi connectivity index (χ0v) is 21.0.